The maximum Gasteiger partial charge on any atom is 0.236 e. The summed E-state index contributed by atoms with van der Waals surface area (Å²) in [5.74, 6) is 0.684. The van der Waals surface area contributed by atoms with Gasteiger partial charge in [0.1, 0.15) is 0 Å². The Morgan fingerprint density at radius 1 is 1.82 bits per heavy atom. The number of nitrogens with one attached hydrogen (secondary N) is 1. The largest absolute Gasteiger partial charge is 0.352 e. The minimum Gasteiger partial charge on any atom is -0.352 e. The molecule has 3 heteroatoms. The van der Waals surface area contributed by atoms with Crippen molar-refractivity contribution < 1.29 is 4.79 Å². The molecule has 0 aliphatic heterocycles. The Hall–Kier alpha value is -0.570. The third-order valence-electron chi connectivity index (χ3n) is 2.19. The fourth-order valence-electron chi connectivity index (χ4n) is 1.19. The van der Waals surface area contributed by atoms with Crippen molar-refractivity contribution in [1.29, 1.82) is 0 Å². The molecular formula is C8H16N2O. The van der Waals surface area contributed by atoms with Crippen molar-refractivity contribution in [2.75, 3.05) is 0 Å². The minimum atomic E-state index is -0.367. The van der Waals surface area contributed by atoms with Crippen LogP contribution in [0.3, 0.4) is 0 Å². The molecule has 1 saturated carbocycles. The van der Waals surface area contributed by atoms with E-state index >= 15 is 0 Å². The molecule has 0 aromatic rings. The SMILES string of the molecule is CCC1CC1NC(=O)[C@@H](C)N. The molecule has 0 aromatic carbocycles. The Morgan fingerprint density at radius 2 is 2.45 bits per heavy atom. The van der Waals surface area contributed by atoms with Gasteiger partial charge in [-0.1, -0.05) is 13.3 Å². The van der Waals surface area contributed by atoms with E-state index in [9.17, 15) is 4.79 Å². The summed E-state index contributed by atoms with van der Waals surface area (Å²) >= 11 is 0. The predicted molar refractivity (Wildman–Crippen MR) is 44.0 cm³/mol. The van der Waals surface area contributed by atoms with Gasteiger partial charge >= 0.3 is 0 Å². The van der Waals surface area contributed by atoms with Crippen LogP contribution in [0.4, 0.5) is 0 Å². The van der Waals surface area contributed by atoms with Gasteiger partial charge in [0.25, 0.3) is 0 Å². The van der Waals surface area contributed by atoms with Gasteiger partial charge in [-0.25, -0.2) is 0 Å². The van der Waals surface area contributed by atoms with Crippen molar-refractivity contribution in [3.63, 3.8) is 0 Å². The Morgan fingerprint density at radius 3 is 2.82 bits per heavy atom. The van der Waals surface area contributed by atoms with Crippen LogP contribution in [-0.4, -0.2) is 18.0 Å². The number of nitrogens with two attached hydrogens (primary N) is 1. The fourth-order valence-corrected chi connectivity index (χ4v) is 1.19. The van der Waals surface area contributed by atoms with Gasteiger partial charge in [-0.3, -0.25) is 4.79 Å². The normalized spacial score (nSPS) is 31.2. The lowest BCUT2D eigenvalue weighted by molar-refractivity contribution is -0.122. The lowest BCUT2D eigenvalue weighted by Gasteiger charge is -2.05. The summed E-state index contributed by atoms with van der Waals surface area (Å²) in [6, 6.07) is 0.0478. The van der Waals surface area contributed by atoms with Gasteiger partial charge in [0, 0.05) is 6.04 Å². The van der Waals surface area contributed by atoms with E-state index in [1.807, 2.05) is 0 Å². The molecule has 11 heavy (non-hydrogen) atoms. The predicted octanol–water partition coefficient (Wildman–Crippen LogP) is 0.248. The van der Waals surface area contributed by atoms with Crippen molar-refractivity contribution in [1.82, 2.24) is 5.32 Å². The Bertz CT molecular complexity index is 156. The number of rotatable bonds is 3. The summed E-state index contributed by atoms with van der Waals surface area (Å²) in [5.41, 5.74) is 5.39. The van der Waals surface area contributed by atoms with Gasteiger partial charge in [0.2, 0.25) is 5.91 Å². The Balaban J connectivity index is 2.18. The van der Waals surface area contributed by atoms with Gasteiger partial charge in [-0.2, -0.15) is 0 Å². The molecule has 0 bridgehead atoms. The third kappa shape index (κ3) is 2.19. The summed E-state index contributed by atoms with van der Waals surface area (Å²) in [6.07, 6.45) is 2.29. The summed E-state index contributed by atoms with van der Waals surface area (Å²) < 4.78 is 0. The number of carbonyl (C=O) groups excluding carboxylic acids is 1. The molecule has 1 fully saturated rings. The summed E-state index contributed by atoms with van der Waals surface area (Å²) in [6.45, 7) is 3.85. The van der Waals surface area contributed by atoms with Crippen LogP contribution in [0.25, 0.3) is 0 Å². The smallest absolute Gasteiger partial charge is 0.236 e. The van der Waals surface area contributed by atoms with Crippen LogP contribution < -0.4 is 11.1 Å². The first-order valence-corrected chi connectivity index (χ1v) is 4.21. The molecular weight excluding hydrogens is 140 g/mol. The molecule has 2 unspecified atom stereocenters. The quantitative estimate of drug-likeness (QED) is 0.615. The van der Waals surface area contributed by atoms with Crippen LogP contribution in [0.15, 0.2) is 0 Å². The topological polar surface area (TPSA) is 55.1 Å². The van der Waals surface area contributed by atoms with Crippen LogP contribution in [0, 0.1) is 5.92 Å². The van der Waals surface area contributed by atoms with E-state index in [0.29, 0.717) is 12.0 Å². The van der Waals surface area contributed by atoms with E-state index in [2.05, 4.69) is 12.2 Å². The molecule has 0 radical (unpaired) electrons. The number of hydrogen-bond donors (Lipinski definition) is 2. The van der Waals surface area contributed by atoms with E-state index in [1.165, 1.54) is 0 Å². The average Bonchev–Trinajstić information content (AvgIpc) is 2.67. The van der Waals surface area contributed by atoms with Gasteiger partial charge in [-0.15, -0.1) is 0 Å². The molecule has 3 N–H and O–H groups in total. The number of amides is 1. The molecule has 1 aliphatic carbocycles. The van der Waals surface area contributed by atoms with Gasteiger partial charge in [0.05, 0.1) is 6.04 Å². The van der Waals surface area contributed by atoms with Crippen LogP contribution in [0.5, 0.6) is 0 Å². The third-order valence-corrected chi connectivity index (χ3v) is 2.19. The zero-order chi connectivity index (χ0) is 8.43. The molecule has 1 rings (SSSR count). The Labute approximate surface area is 67.3 Å². The lowest BCUT2D eigenvalue weighted by atomic mass is 10.3. The highest BCUT2D eigenvalue weighted by molar-refractivity contribution is 5.81. The molecule has 0 spiro atoms. The molecule has 0 aromatic heterocycles. The highest BCUT2D eigenvalue weighted by atomic mass is 16.2. The molecule has 3 nitrogen and oxygen atoms in total. The first kappa shape index (κ1) is 8.53. The van der Waals surface area contributed by atoms with Gasteiger partial charge in [0.15, 0.2) is 0 Å². The zero-order valence-electron chi connectivity index (χ0n) is 7.13. The second kappa shape index (κ2) is 3.22. The van der Waals surface area contributed by atoms with Crippen LogP contribution in [0.1, 0.15) is 26.7 Å². The van der Waals surface area contributed by atoms with Crippen LogP contribution in [-0.2, 0) is 4.79 Å². The van der Waals surface area contributed by atoms with Crippen molar-refractivity contribution in [3.8, 4) is 0 Å². The zero-order valence-corrected chi connectivity index (χ0v) is 7.13. The average molecular weight is 156 g/mol. The Kier molecular flexibility index (Phi) is 2.49. The highest BCUT2D eigenvalue weighted by Gasteiger charge is 2.36. The fraction of sp³-hybridized carbons (Fsp3) is 0.875. The van der Waals surface area contributed by atoms with E-state index in [0.717, 1.165) is 12.8 Å². The molecule has 1 amide bonds. The van der Waals surface area contributed by atoms with Gasteiger partial charge < -0.3 is 11.1 Å². The maximum absolute atomic E-state index is 11.0. The standard InChI is InChI=1S/C8H16N2O/c1-3-6-4-7(6)10-8(11)5(2)9/h5-7H,3-4,9H2,1-2H3,(H,10,11)/t5-,6?,7?/m1/s1. The first-order valence-electron chi connectivity index (χ1n) is 4.21. The molecule has 0 saturated heterocycles. The summed E-state index contributed by atoms with van der Waals surface area (Å²) in [7, 11) is 0. The molecule has 1 aliphatic rings. The molecule has 64 valence electrons. The second-order valence-electron chi connectivity index (χ2n) is 3.31. The van der Waals surface area contributed by atoms with Crippen molar-refractivity contribution >= 4 is 5.91 Å². The minimum absolute atomic E-state index is 0.0223. The summed E-state index contributed by atoms with van der Waals surface area (Å²) in [5, 5.41) is 2.89. The highest BCUT2D eigenvalue weighted by Crippen LogP contribution is 2.32. The van der Waals surface area contributed by atoms with Crippen LogP contribution >= 0.6 is 0 Å². The van der Waals surface area contributed by atoms with E-state index in [4.69, 9.17) is 5.73 Å². The van der Waals surface area contributed by atoms with Crippen molar-refractivity contribution in [2.24, 2.45) is 11.7 Å². The monoisotopic (exact) mass is 156 g/mol. The van der Waals surface area contributed by atoms with Crippen LogP contribution in [0.2, 0.25) is 0 Å². The lowest BCUT2D eigenvalue weighted by Crippen LogP contribution is -2.39. The second-order valence-corrected chi connectivity index (χ2v) is 3.31. The number of carbonyl (C=O) groups is 1. The molecule has 3 atom stereocenters. The van der Waals surface area contributed by atoms with Gasteiger partial charge in [-0.05, 0) is 19.3 Å². The van der Waals surface area contributed by atoms with E-state index in [1.54, 1.807) is 6.92 Å². The maximum atomic E-state index is 11.0. The summed E-state index contributed by atoms with van der Waals surface area (Å²) in [4.78, 5) is 11.0. The van der Waals surface area contributed by atoms with Crippen molar-refractivity contribution in [2.45, 2.75) is 38.8 Å². The van der Waals surface area contributed by atoms with Crippen molar-refractivity contribution in [3.05, 3.63) is 0 Å². The number of hydrogen-bond acceptors (Lipinski definition) is 2. The van der Waals surface area contributed by atoms with E-state index in [-0.39, 0.29) is 11.9 Å². The molecule has 0 heterocycles. The van der Waals surface area contributed by atoms with E-state index < -0.39 is 0 Å². The first-order chi connectivity index (χ1) is 5.15.